The average Bonchev–Trinajstić information content (AvgIpc) is 3.31. The van der Waals surface area contributed by atoms with E-state index in [4.69, 9.17) is 4.74 Å². The second-order valence-corrected chi connectivity index (χ2v) is 5.21. The van der Waals surface area contributed by atoms with E-state index < -0.39 is 0 Å². The van der Waals surface area contributed by atoms with E-state index in [1.165, 1.54) is 0 Å². The summed E-state index contributed by atoms with van der Waals surface area (Å²) in [6.45, 7) is 1.16. The van der Waals surface area contributed by atoms with Crippen LogP contribution in [0.15, 0.2) is 36.5 Å². The molecular formula is C16H19N3O2. The second kappa shape index (κ2) is 6.43. The van der Waals surface area contributed by atoms with Gasteiger partial charge in [-0.15, -0.1) is 0 Å². The average molecular weight is 285 g/mol. The van der Waals surface area contributed by atoms with Gasteiger partial charge in [0.1, 0.15) is 11.3 Å². The Morgan fingerprint density at radius 3 is 3.00 bits per heavy atom. The Morgan fingerprint density at radius 2 is 2.14 bits per heavy atom. The molecule has 0 saturated heterocycles. The molecule has 2 aromatic rings. The fourth-order valence-electron chi connectivity index (χ4n) is 2.11. The summed E-state index contributed by atoms with van der Waals surface area (Å²) in [4.78, 5) is 15.8. The summed E-state index contributed by atoms with van der Waals surface area (Å²) in [5.41, 5.74) is 0.874. The van der Waals surface area contributed by atoms with E-state index in [0.29, 0.717) is 19.2 Å². The predicted molar refractivity (Wildman–Crippen MR) is 81.4 cm³/mol. The van der Waals surface area contributed by atoms with Gasteiger partial charge >= 0.3 is 6.03 Å². The number of urea groups is 1. The van der Waals surface area contributed by atoms with Gasteiger partial charge in [0.05, 0.1) is 6.61 Å². The highest BCUT2D eigenvalue weighted by Crippen LogP contribution is 2.22. The Hall–Kier alpha value is -2.30. The molecule has 21 heavy (non-hydrogen) atoms. The van der Waals surface area contributed by atoms with Crippen molar-refractivity contribution in [1.82, 2.24) is 15.6 Å². The molecule has 1 aliphatic carbocycles. The van der Waals surface area contributed by atoms with Crippen LogP contribution < -0.4 is 15.4 Å². The third kappa shape index (κ3) is 3.84. The SMILES string of the molecule is O=C(NCCCOc1cccc2cccnc12)NC1CC1. The summed E-state index contributed by atoms with van der Waals surface area (Å²) in [5, 5.41) is 6.78. The summed E-state index contributed by atoms with van der Waals surface area (Å²) in [5.74, 6) is 0.788. The first-order chi connectivity index (χ1) is 10.3. The number of hydrogen-bond donors (Lipinski definition) is 2. The number of para-hydroxylation sites is 1. The molecule has 1 aromatic heterocycles. The van der Waals surface area contributed by atoms with E-state index in [-0.39, 0.29) is 6.03 Å². The van der Waals surface area contributed by atoms with Crippen LogP contribution in [-0.2, 0) is 0 Å². The first-order valence-electron chi connectivity index (χ1n) is 7.34. The molecule has 0 aliphatic heterocycles. The summed E-state index contributed by atoms with van der Waals surface area (Å²) in [6.07, 6.45) is 4.73. The quantitative estimate of drug-likeness (QED) is 0.801. The van der Waals surface area contributed by atoms with Crippen molar-refractivity contribution < 1.29 is 9.53 Å². The Morgan fingerprint density at radius 1 is 1.29 bits per heavy atom. The molecule has 5 nitrogen and oxygen atoms in total. The minimum atomic E-state index is -0.0793. The molecule has 0 spiro atoms. The number of benzene rings is 1. The first-order valence-corrected chi connectivity index (χ1v) is 7.34. The summed E-state index contributed by atoms with van der Waals surface area (Å²) in [7, 11) is 0. The van der Waals surface area contributed by atoms with E-state index in [0.717, 1.165) is 35.9 Å². The van der Waals surface area contributed by atoms with Crippen LogP contribution in [-0.4, -0.2) is 30.2 Å². The topological polar surface area (TPSA) is 63.2 Å². The van der Waals surface area contributed by atoms with E-state index in [9.17, 15) is 4.79 Å². The molecular weight excluding hydrogens is 266 g/mol. The maximum Gasteiger partial charge on any atom is 0.315 e. The number of carbonyl (C=O) groups is 1. The molecule has 0 radical (unpaired) electrons. The van der Waals surface area contributed by atoms with Gasteiger partial charge in [0, 0.05) is 24.2 Å². The molecule has 1 heterocycles. The molecule has 5 heteroatoms. The Balaban J connectivity index is 1.43. The molecule has 1 aliphatic rings. The van der Waals surface area contributed by atoms with Crippen molar-refractivity contribution in [2.24, 2.45) is 0 Å². The maximum absolute atomic E-state index is 11.4. The second-order valence-electron chi connectivity index (χ2n) is 5.21. The van der Waals surface area contributed by atoms with Gasteiger partial charge in [-0.1, -0.05) is 18.2 Å². The van der Waals surface area contributed by atoms with Crippen molar-refractivity contribution in [2.45, 2.75) is 25.3 Å². The smallest absolute Gasteiger partial charge is 0.315 e. The van der Waals surface area contributed by atoms with Crippen LogP contribution in [0.4, 0.5) is 4.79 Å². The Kier molecular flexibility index (Phi) is 4.19. The molecule has 1 aromatic carbocycles. The monoisotopic (exact) mass is 285 g/mol. The Labute approximate surface area is 123 Å². The van der Waals surface area contributed by atoms with Crippen LogP contribution in [0, 0.1) is 0 Å². The summed E-state index contributed by atoms with van der Waals surface area (Å²) >= 11 is 0. The standard InChI is InChI=1S/C16H19N3O2/c20-16(19-13-7-8-13)18-10-3-11-21-14-6-1-4-12-5-2-9-17-15(12)14/h1-2,4-6,9,13H,3,7-8,10-11H2,(H2,18,19,20). The van der Waals surface area contributed by atoms with Gasteiger partial charge in [-0.25, -0.2) is 4.79 Å². The van der Waals surface area contributed by atoms with E-state index in [2.05, 4.69) is 15.6 Å². The number of rotatable bonds is 6. The zero-order valence-corrected chi connectivity index (χ0v) is 11.8. The fourth-order valence-corrected chi connectivity index (χ4v) is 2.11. The number of nitrogens with zero attached hydrogens (tertiary/aromatic N) is 1. The van der Waals surface area contributed by atoms with Gasteiger partial charge in [-0.3, -0.25) is 4.98 Å². The number of pyridine rings is 1. The third-order valence-electron chi connectivity index (χ3n) is 3.37. The molecule has 2 amide bonds. The number of carbonyl (C=O) groups excluding carboxylic acids is 1. The highest BCUT2D eigenvalue weighted by atomic mass is 16.5. The van der Waals surface area contributed by atoms with Gasteiger partial charge in [-0.05, 0) is 31.4 Å². The van der Waals surface area contributed by atoms with Crippen molar-refractivity contribution >= 4 is 16.9 Å². The summed E-state index contributed by atoms with van der Waals surface area (Å²) in [6, 6.07) is 10.1. The molecule has 0 unspecified atom stereocenters. The molecule has 3 rings (SSSR count). The normalized spacial score (nSPS) is 13.9. The molecule has 2 N–H and O–H groups in total. The predicted octanol–water partition coefficient (Wildman–Crippen LogP) is 2.47. The molecule has 0 bridgehead atoms. The van der Waals surface area contributed by atoms with Crippen LogP contribution in [0.1, 0.15) is 19.3 Å². The van der Waals surface area contributed by atoms with Crippen LogP contribution in [0.25, 0.3) is 10.9 Å². The lowest BCUT2D eigenvalue weighted by Crippen LogP contribution is -2.37. The third-order valence-corrected chi connectivity index (χ3v) is 3.37. The maximum atomic E-state index is 11.4. The molecule has 1 saturated carbocycles. The van der Waals surface area contributed by atoms with Gasteiger partial charge in [0.15, 0.2) is 0 Å². The largest absolute Gasteiger partial charge is 0.491 e. The highest BCUT2D eigenvalue weighted by molar-refractivity contribution is 5.84. The number of hydrogen-bond acceptors (Lipinski definition) is 3. The molecule has 110 valence electrons. The van der Waals surface area contributed by atoms with Crippen molar-refractivity contribution in [3.8, 4) is 5.75 Å². The Bertz CT molecular complexity index is 620. The van der Waals surface area contributed by atoms with Gasteiger partial charge < -0.3 is 15.4 Å². The van der Waals surface area contributed by atoms with E-state index in [1.54, 1.807) is 6.20 Å². The van der Waals surface area contributed by atoms with Crippen molar-refractivity contribution in [2.75, 3.05) is 13.2 Å². The van der Waals surface area contributed by atoms with E-state index in [1.807, 2.05) is 30.3 Å². The number of ether oxygens (including phenoxy) is 1. The van der Waals surface area contributed by atoms with Crippen molar-refractivity contribution in [3.63, 3.8) is 0 Å². The zero-order chi connectivity index (χ0) is 14.5. The summed E-state index contributed by atoms with van der Waals surface area (Å²) < 4.78 is 5.76. The number of nitrogens with one attached hydrogen (secondary N) is 2. The van der Waals surface area contributed by atoms with Crippen molar-refractivity contribution in [3.05, 3.63) is 36.5 Å². The van der Waals surface area contributed by atoms with E-state index >= 15 is 0 Å². The lowest BCUT2D eigenvalue weighted by atomic mass is 10.2. The minimum Gasteiger partial charge on any atom is -0.491 e. The first kappa shape index (κ1) is 13.7. The van der Waals surface area contributed by atoms with Crippen molar-refractivity contribution in [1.29, 1.82) is 0 Å². The number of amides is 2. The van der Waals surface area contributed by atoms with Gasteiger partial charge in [0.25, 0.3) is 0 Å². The minimum absolute atomic E-state index is 0.0793. The number of fused-ring (bicyclic) bond motifs is 1. The molecule has 1 fully saturated rings. The fraction of sp³-hybridized carbons (Fsp3) is 0.375. The lowest BCUT2D eigenvalue weighted by molar-refractivity contribution is 0.239. The van der Waals surface area contributed by atoms with Crippen LogP contribution >= 0.6 is 0 Å². The highest BCUT2D eigenvalue weighted by Gasteiger charge is 2.22. The molecule has 0 atom stereocenters. The zero-order valence-electron chi connectivity index (χ0n) is 11.8. The van der Waals surface area contributed by atoms with Crippen LogP contribution in [0.3, 0.4) is 0 Å². The van der Waals surface area contributed by atoms with Gasteiger partial charge in [-0.2, -0.15) is 0 Å². The van der Waals surface area contributed by atoms with Crippen LogP contribution in [0.2, 0.25) is 0 Å². The van der Waals surface area contributed by atoms with Crippen LogP contribution in [0.5, 0.6) is 5.75 Å². The number of aromatic nitrogens is 1. The lowest BCUT2D eigenvalue weighted by Gasteiger charge is -2.09. The van der Waals surface area contributed by atoms with Gasteiger partial charge in [0.2, 0.25) is 0 Å².